The third-order valence-electron chi connectivity index (χ3n) is 4.52. The molecule has 0 radical (unpaired) electrons. The molecule has 1 aromatic rings. The topological polar surface area (TPSA) is 38.5 Å². The Kier molecular flexibility index (Phi) is 7.76. The molecule has 1 rings (SSSR count). The van der Waals surface area contributed by atoms with Crippen molar-refractivity contribution in [2.24, 2.45) is 11.7 Å². The fourth-order valence-corrected chi connectivity index (χ4v) is 2.96. The van der Waals surface area contributed by atoms with Crippen molar-refractivity contribution < 1.29 is 4.74 Å². The maximum atomic E-state index is 6.09. The zero-order chi connectivity index (χ0) is 15.8. The lowest BCUT2D eigenvalue weighted by Crippen LogP contribution is -2.37. The van der Waals surface area contributed by atoms with Crippen molar-refractivity contribution in [2.45, 2.75) is 46.6 Å². The first-order valence-corrected chi connectivity index (χ1v) is 8.19. The SMILES string of the molecule is CCC(CC)CN(CC)C(CN)c1ccc(OC)c(C)c1. The first-order chi connectivity index (χ1) is 10.1. The van der Waals surface area contributed by atoms with Gasteiger partial charge in [0.15, 0.2) is 0 Å². The Hall–Kier alpha value is -1.06. The quantitative estimate of drug-likeness (QED) is 0.753. The number of rotatable bonds is 9. The Morgan fingerprint density at radius 3 is 2.29 bits per heavy atom. The second-order valence-electron chi connectivity index (χ2n) is 5.75. The lowest BCUT2D eigenvalue weighted by molar-refractivity contribution is 0.174. The average molecular weight is 292 g/mol. The van der Waals surface area contributed by atoms with E-state index in [0.29, 0.717) is 12.6 Å². The minimum Gasteiger partial charge on any atom is -0.496 e. The van der Waals surface area contributed by atoms with Crippen LogP contribution < -0.4 is 10.5 Å². The van der Waals surface area contributed by atoms with Crippen molar-refractivity contribution in [3.63, 3.8) is 0 Å². The summed E-state index contributed by atoms with van der Waals surface area (Å²) >= 11 is 0. The number of aryl methyl sites for hydroxylation is 1. The minimum absolute atomic E-state index is 0.292. The molecule has 3 nitrogen and oxygen atoms in total. The number of nitrogens with two attached hydrogens (primary N) is 1. The van der Waals surface area contributed by atoms with Gasteiger partial charge in [0.2, 0.25) is 0 Å². The molecule has 120 valence electrons. The van der Waals surface area contributed by atoms with Crippen LogP contribution in [-0.2, 0) is 0 Å². The normalized spacial score (nSPS) is 13.0. The zero-order valence-electron chi connectivity index (χ0n) is 14.4. The molecule has 1 unspecified atom stereocenters. The predicted molar refractivity (Wildman–Crippen MR) is 90.8 cm³/mol. The number of hydrogen-bond acceptors (Lipinski definition) is 3. The predicted octanol–water partition coefficient (Wildman–Crippen LogP) is 3.76. The largest absolute Gasteiger partial charge is 0.496 e. The number of ether oxygens (including phenoxy) is 1. The first-order valence-electron chi connectivity index (χ1n) is 8.19. The maximum Gasteiger partial charge on any atom is 0.121 e. The standard InChI is InChI=1S/C18H32N2O/c1-6-15(7-2)13-20(8-3)17(12-19)16-9-10-18(21-5)14(4)11-16/h9-11,15,17H,6-8,12-13,19H2,1-5H3. The molecule has 0 aliphatic heterocycles. The third-order valence-corrected chi connectivity index (χ3v) is 4.52. The van der Waals surface area contributed by atoms with E-state index in [2.05, 4.69) is 50.8 Å². The van der Waals surface area contributed by atoms with E-state index in [9.17, 15) is 0 Å². The smallest absolute Gasteiger partial charge is 0.121 e. The monoisotopic (exact) mass is 292 g/mol. The molecule has 0 heterocycles. The molecule has 0 aromatic heterocycles. The molecular weight excluding hydrogens is 260 g/mol. The van der Waals surface area contributed by atoms with E-state index >= 15 is 0 Å². The number of hydrogen-bond donors (Lipinski definition) is 1. The third kappa shape index (κ3) is 4.72. The van der Waals surface area contributed by atoms with Crippen LogP contribution in [0, 0.1) is 12.8 Å². The summed E-state index contributed by atoms with van der Waals surface area (Å²) in [5.74, 6) is 1.69. The fourth-order valence-electron chi connectivity index (χ4n) is 2.96. The van der Waals surface area contributed by atoms with Crippen molar-refractivity contribution in [2.75, 3.05) is 26.7 Å². The molecule has 0 bridgehead atoms. The summed E-state index contributed by atoms with van der Waals surface area (Å²) in [6.07, 6.45) is 2.46. The highest BCUT2D eigenvalue weighted by Gasteiger charge is 2.20. The van der Waals surface area contributed by atoms with Crippen LogP contribution in [0.1, 0.15) is 50.8 Å². The molecule has 3 heteroatoms. The van der Waals surface area contributed by atoms with Gasteiger partial charge in [0.05, 0.1) is 7.11 Å². The van der Waals surface area contributed by atoms with Crippen LogP contribution >= 0.6 is 0 Å². The van der Waals surface area contributed by atoms with Gasteiger partial charge in [-0.1, -0.05) is 45.7 Å². The fraction of sp³-hybridized carbons (Fsp3) is 0.667. The summed E-state index contributed by atoms with van der Waals surface area (Å²) in [6, 6.07) is 6.71. The molecule has 0 saturated heterocycles. The molecule has 0 aliphatic carbocycles. The highest BCUT2D eigenvalue weighted by atomic mass is 16.5. The maximum absolute atomic E-state index is 6.09. The second-order valence-corrected chi connectivity index (χ2v) is 5.75. The Balaban J connectivity index is 2.95. The molecular formula is C18H32N2O. The van der Waals surface area contributed by atoms with E-state index in [1.54, 1.807) is 7.11 Å². The zero-order valence-corrected chi connectivity index (χ0v) is 14.4. The van der Waals surface area contributed by atoms with Gasteiger partial charge >= 0.3 is 0 Å². The van der Waals surface area contributed by atoms with Gasteiger partial charge in [-0.2, -0.15) is 0 Å². The summed E-state index contributed by atoms with van der Waals surface area (Å²) in [7, 11) is 1.72. The summed E-state index contributed by atoms with van der Waals surface area (Å²) in [6.45, 7) is 11.7. The molecule has 0 aliphatic rings. The van der Waals surface area contributed by atoms with Crippen LogP contribution in [0.15, 0.2) is 18.2 Å². The number of benzene rings is 1. The number of nitrogens with zero attached hydrogens (tertiary/aromatic N) is 1. The summed E-state index contributed by atoms with van der Waals surface area (Å²) in [4.78, 5) is 2.51. The van der Waals surface area contributed by atoms with Crippen LogP contribution in [0.25, 0.3) is 0 Å². The van der Waals surface area contributed by atoms with Crippen molar-refractivity contribution >= 4 is 0 Å². The van der Waals surface area contributed by atoms with Gasteiger partial charge in [-0.25, -0.2) is 0 Å². The molecule has 2 N–H and O–H groups in total. The lowest BCUT2D eigenvalue weighted by Gasteiger charge is -2.33. The Morgan fingerprint density at radius 2 is 1.86 bits per heavy atom. The van der Waals surface area contributed by atoms with Gasteiger partial charge in [0.1, 0.15) is 5.75 Å². The van der Waals surface area contributed by atoms with Crippen LogP contribution in [0.3, 0.4) is 0 Å². The highest BCUT2D eigenvalue weighted by molar-refractivity contribution is 5.37. The Bertz CT molecular complexity index is 416. The van der Waals surface area contributed by atoms with Gasteiger partial charge in [-0.15, -0.1) is 0 Å². The number of methoxy groups -OCH3 is 1. The van der Waals surface area contributed by atoms with Crippen LogP contribution in [0.4, 0.5) is 0 Å². The first kappa shape index (κ1) is 18.0. The number of likely N-dealkylation sites (N-methyl/N-ethyl adjacent to an activating group) is 1. The highest BCUT2D eigenvalue weighted by Crippen LogP contribution is 2.27. The second kappa shape index (κ2) is 9.06. The van der Waals surface area contributed by atoms with E-state index < -0.39 is 0 Å². The van der Waals surface area contributed by atoms with Gasteiger partial charge in [0, 0.05) is 19.1 Å². The van der Waals surface area contributed by atoms with Crippen molar-refractivity contribution in [1.29, 1.82) is 0 Å². The minimum atomic E-state index is 0.292. The lowest BCUT2D eigenvalue weighted by atomic mass is 9.98. The molecule has 0 fully saturated rings. The summed E-state index contributed by atoms with van der Waals surface area (Å²) < 4.78 is 5.35. The average Bonchev–Trinajstić information content (AvgIpc) is 2.51. The molecule has 0 amide bonds. The van der Waals surface area contributed by atoms with Crippen molar-refractivity contribution in [1.82, 2.24) is 4.90 Å². The van der Waals surface area contributed by atoms with E-state index in [4.69, 9.17) is 10.5 Å². The van der Waals surface area contributed by atoms with Gasteiger partial charge < -0.3 is 10.5 Å². The van der Waals surface area contributed by atoms with Gasteiger partial charge in [-0.05, 0) is 36.6 Å². The van der Waals surface area contributed by atoms with Gasteiger partial charge in [0.25, 0.3) is 0 Å². The van der Waals surface area contributed by atoms with Crippen LogP contribution in [0.5, 0.6) is 5.75 Å². The summed E-state index contributed by atoms with van der Waals surface area (Å²) in [5, 5.41) is 0. The van der Waals surface area contributed by atoms with E-state index in [-0.39, 0.29) is 0 Å². The van der Waals surface area contributed by atoms with Crippen molar-refractivity contribution in [3.8, 4) is 5.75 Å². The van der Waals surface area contributed by atoms with E-state index in [1.807, 2.05) is 0 Å². The molecule has 0 saturated carbocycles. The van der Waals surface area contributed by atoms with Gasteiger partial charge in [-0.3, -0.25) is 4.90 Å². The van der Waals surface area contributed by atoms with Crippen LogP contribution in [-0.4, -0.2) is 31.6 Å². The van der Waals surface area contributed by atoms with E-state index in [1.165, 1.54) is 24.0 Å². The molecule has 1 atom stereocenters. The molecule has 0 spiro atoms. The van der Waals surface area contributed by atoms with E-state index in [0.717, 1.165) is 24.8 Å². The molecule has 21 heavy (non-hydrogen) atoms. The Labute approximate surface area is 130 Å². The summed E-state index contributed by atoms with van der Waals surface area (Å²) in [5.41, 5.74) is 8.56. The van der Waals surface area contributed by atoms with Crippen LogP contribution in [0.2, 0.25) is 0 Å². The Morgan fingerprint density at radius 1 is 1.19 bits per heavy atom. The molecule has 1 aromatic carbocycles. The van der Waals surface area contributed by atoms with Crippen molar-refractivity contribution in [3.05, 3.63) is 29.3 Å².